The van der Waals surface area contributed by atoms with Crippen LogP contribution in [0.2, 0.25) is 0 Å². The van der Waals surface area contributed by atoms with Crippen molar-refractivity contribution in [1.82, 2.24) is 4.72 Å². The molecule has 0 aromatic heterocycles. The fraction of sp³-hybridized carbons (Fsp3) is 0.235. The molecule has 0 aliphatic carbocycles. The molecular formula is C17H18F2N2O3S. The lowest BCUT2D eigenvalue weighted by molar-refractivity contribution is 0.101. The molecule has 134 valence electrons. The summed E-state index contributed by atoms with van der Waals surface area (Å²) in [5.41, 5.74) is -1.32. The molecule has 8 heteroatoms. The molecule has 25 heavy (non-hydrogen) atoms. The maximum Gasteiger partial charge on any atom is 0.261 e. The van der Waals surface area contributed by atoms with Gasteiger partial charge in [0.05, 0.1) is 4.90 Å². The highest BCUT2D eigenvalue weighted by Gasteiger charge is 2.23. The predicted molar refractivity (Wildman–Crippen MR) is 90.8 cm³/mol. The Morgan fingerprint density at radius 1 is 1.00 bits per heavy atom. The molecule has 0 aliphatic rings. The van der Waals surface area contributed by atoms with Gasteiger partial charge in [-0.2, -0.15) is 0 Å². The van der Waals surface area contributed by atoms with Crippen LogP contribution in [0.5, 0.6) is 0 Å². The lowest BCUT2D eigenvalue weighted by Gasteiger charge is -2.20. The van der Waals surface area contributed by atoms with Crippen LogP contribution >= 0.6 is 0 Å². The number of anilines is 1. The summed E-state index contributed by atoms with van der Waals surface area (Å²) in [6.07, 6.45) is 0. The van der Waals surface area contributed by atoms with Crippen LogP contribution in [-0.2, 0) is 10.0 Å². The lowest BCUT2D eigenvalue weighted by atomic mass is 10.1. The van der Waals surface area contributed by atoms with Gasteiger partial charge in [-0.1, -0.05) is 12.1 Å². The number of carbonyl (C=O) groups is 1. The third kappa shape index (κ3) is 4.83. The van der Waals surface area contributed by atoms with Gasteiger partial charge in [0.1, 0.15) is 17.2 Å². The minimum atomic E-state index is -3.81. The van der Waals surface area contributed by atoms with E-state index in [1.165, 1.54) is 24.3 Å². The summed E-state index contributed by atoms with van der Waals surface area (Å²) in [7, 11) is -3.81. The number of sulfonamides is 1. The standard InChI is InChI=1S/C17H18F2N2O3S/c1-17(2,3)21-25(23,24)12-7-4-6-11(10-12)20-16(22)15-13(18)8-5-9-14(15)19/h4-10,21H,1-3H3,(H,20,22). The zero-order valence-electron chi connectivity index (χ0n) is 13.9. The van der Waals surface area contributed by atoms with Gasteiger partial charge in [0.25, 0.3) is 5.91 Å². The molecule has 0 fully saturated rings. The van der Waals surface area contributed by atoms with Crippen molar-refractivity contribution in [3.05, 3.63) is 59.7 Å². The highest BCUT2D eigenvalue weighted by Crippen LogP contribution is 2.19. The Balaban J connectivity index is 2.30. The summed E-state index contributed by atoms with van der Waals surface area (Å²) in [5, 5.41) is 2.30. The Morgan fingerprint density at radius 3 is 2.12 bits per heavy atom. The normalized spacial score (nSPS) is 12.0. The van der Waals surface area contributed by atoms with Crippen molar-refractivity contribution >= 4 is 21.6 Å². The molecule has 1 amide bonds. The van der Waals surface area contributed by atoms with E-state index in [0.29, 0.717) is 0 Å². The summed E-state index contributed by atoms with van der Waals surface area (Å²) in [4.78, 5) is 12.0. The van der Waals surface area contributed by atoms with Crippen LogP contribution < -0.4 is 10.0 Å². The third-order valence-corrected chi connectivity index (χ3v) is 4.79. The molecule has 0 atom stereocenters. The van der Waals surface area contributed by atoms with Crippen LogP contribution in [0.3, 0.4) is 0 Å². The third-order valence-electron chi connectivity index (χ3n) is 3.03. The Morgan fingerprint density at radius 2 is 1.56 bits per heavy atom. The quantitative estimate of drug-likeness (QED) is 0.870. The van der Waals surface area contributed by atoms with Gasteiger partial charge in [0, 0.05) is 11.2 Å². The maximum absolute atomic E-state index is 13.7. The van der Waals surface area contributed by atoms with Gasteiger partial charge >= 0.3 is 0 Å². The van der Waals surface area contributed by atoms with E-state index in [1.54, 1.807) is 20.8 Å². The van der Waals surface area contributed by atoms with E-state index < -0.39 is 38.7 Å². The van der Waals surface area contributed by atoms with E-state index in [2.05, 4.69) is 10.0 Å². The first-order valence-electron chi connectivity index (χ1n) is 7.39. The first-order chi connectivity index (χ1) is 11.5. The largest absolute Gasteiger partial charge is 0.322 e. The monoisotopic (exact) mass is 368 g/mol. The van der Waals surface area contributed by atoms with Crippen molar-refractivity contribution in [2.75, 3.05) is 5.32 Å². The molecule has 0 unspecified atom stereocenters. The molecule has 2 aromatic rings. The minimum Gasteiger partial charge on any atom is -0.322 e. The Bertz CT molecular complexity index is 886. The number of amides is 1. The highest BCUT2D eigenvalue weighted by atomic mass is 32.2. The molecule has 0 saturated heterocycles. The number of nitrogens with one attached hydrogen (secondary N) is 2. The van der Waals surface area contributed by atoms with Gasteiger partial charge in [-0.3, -0.25) is 4.79 Å². The number of hydrogen-bond acceptors (Lipinski definition) is 3. The number of hydrogen-bond donors (Lipinski definition) is 2. The van der Waals surface area contributed by atoms with Crippen LogP contribution in [0.1, 0.15) is 31.1 Å². The highest BCUT2D eigenvalue weighted by molar-refractivity contribution is 7.89. The Hall–Kier alpha value is -2.32. The maximum atomic E-state index is 13.7. The first-order valence-corrected chi connectivity index (χ1v) is 8.87. The van der Waals surface area contributed by atoms with Crippen molar-refractivity contribution in [3.63, 3.8) is 0 Å². The fourth-order valence-electron chi connectivity index (χ4n) is 2.11. The average Bonchev–Trinajstić information content (AvgIpc) is 2.44. The minimum absolute atomic E-state index is 0.0748. The molecule has 0 heterocycles. The number of halogens is 2. The number of rotatable bonds is 4. The smallest absolute Gasteiger partial charge is 0.261 e. The van der Waals surface area contributed by atoms with E-state index in [0.717, 1.165) is 18.2 Å². The van der Waals surface area contributed by atoms with Crippen LogP contribution in [0.15, 0.2) is 47.4 Å². The fourth-order valence-corrected chi connectivity index (χ4v) is 3.58. The van der Waals surface area contributed by atoms with Crippen LogP contribution in [0, 0.1) is 11.6 Å². The van der Waals surface area contributed by atoms with Crippen molar-refractivity contribution in [2.45, 2.75) is 31.2 Å². The summed E-state index contributed by atoms with van der Waals surface area (Å²) in [6.45, 7) is 5.07. The van der Waals surface area contributed by atoms with Gasteiger partial charge < -0.3 is 5.32 Å². The molecule has 5 nitrogen and oxygen atoms in total. The van der Waals surface area contributed by atoms with Crippen LogP contribution in [0.25, 0.3) is 0 Å². The first kappa shape index (κ1) is 19.0. The number of carbonyl (C=O) groups excluding carboxylic acids is 1. The number of benzene rings is 2. The molecular weight excluding hydrogens is 350 g/mol. The molecule has 2 N–H and O–H groups in total. The van der Waals surface area contributed by atoms with E-state index in [-0.39, 0.29) is 10.6 Å². The van der Waals surface area contributed by atoms with Crippen molar-refractivity contribution in [2.24, 2.45) is 0 Å². The summed E-state index contributed by atoms with van der Waals surface area (Å²) in [6, 6.07) is 8.49. The Kier molecular flexibility index (Phi) is 5.24. The summed E-state index contributed by atoms with van der Waals surface area (Å²) in [5.74, 6) is -3.01. The second-order valence-corrected chi connectivity index (χ2v) is 8.12. The molecule has 0 spiro atoms. The molecule has 0 saturated carbocycles. The van der Waals surface area contributed by atoms with Gasteiger partial charge in [-0.25, -0.2) is 21.9 Å². The Labute approximate surface area is 145 Å². The summed E-state index contributed by atoms with van der Waals surface area (Å²) < 4.78 is 54.4. The van der Waals surface area contributed by atoms with Crippen molar-refractivity contribution in [1.29, 1.82) is 0 Å². The molecule has 0 bridgehead atoms. The molecule has 0 aliphatic heterocycles. The molecule has 2 aromatic carbocycles. The average molecular weight is 368 g/mol. The van der Waals surface area contributed by atoms with Gasteiger partial charge in [0.15, 0.2) is 0 Å². The van der Waals surface area contributed by atoms with E-state index in [9.17, 15) is 22.0 Å². The van der Waals surface area contributed by atoms with Crippen molar-refractivity contribution < 1.29 is 22.0 Å². The second-order valence-electron chi connectivity index (χ2n) is 6.43. The zero-order chi connectivity index (χ0) is 18.8. The SMILES string of the molecule is CC(C)(C)NS(=O)(=O)c1cccc(NC(=O)c2c(F)cccc2F)c1. The molecule has 0 radical (unpaired) electrons. The predicted octanol–water partition coefficient (Wildman–Crippen LogP) is 3.29. The van der Waals surface area contributed by atoms with E-state index in [1.807, 2.05) is 0 Å². The van der Waals surface area contributed by atoms with Gasteiger partial charge in [-0.05, 0) is 51.1 Å². The van der Waals surface area contributed by atoms with E-state index in [4.69, 9.17) is 0 Å². The van der Waals surface area contributed by atoms with Gasteiger partial charge in [0.2, 0.25) is 10.0 Å². The van der Waals surface area contributed by atoms with Crippen LogP contribution in [-0.4, -0.2) is 19.9 Å². The van der Waals surface area contributed by atoms with Gasteiger partial charge in [-0.15, -0.1) is 0 Å². The van der Waals surface area contributed by atoms with Crippen molar-refractivity contribution in [3.8, 4) is 0 Å². The summed E-state index contributed by atoms with van der Waals surface area (Å²) >= 11 is 0. The molecule has 2 rings (SSSR count). The van der Waals surface area contributed by atoms with E-state index >= 15 is 0 Å². The topological polar surface area (TPSA) is 75.3 Å². The second kappa shape index (κ2) is 6.89. The van der Waals surface area contributed by atoms with Crippen LogP contribution in [0.4, 0.5) is 14.5 Å². The lowest BCUT2D eigenvalue weighted by Crippen LogP contribution is -2.40. The zero-order valence-corrected chi connectivity index (χ0v) is 14.7.